The molecule has 1 heterocycles. The van der Waals surface area contributed by atoms with Crippen LogP contribution >= 0.6 is 24.0 Å². The second-order valence-corrected chi connectivity index (χ2v) is 6.98. The highest BCUT2D eigenvalue weighted by Crippen LogP contribution is 2.26. The number of likely N-dealkylation sites (tertiary alicyclic amines) is 1. The Bertz CT molecular complexity index is 611. The Morgan fingerprint density at radius 2 is 2.00 bits per heavy atom. The summed E-state index contributed by atoms with van der Waals surface area (Å²) >= 11 is 0. The molecule has 2 N–H and O–H groups in total. The second kappa shape index (κ2) is 11.0. The predicted octanol–water partition coefficient (Wildman–Crippen LogP) is 3.59. The Balaban J connectivity index is 0.00000261. The van der Waals surface area contributed by atoms with E-state index in [1.165, 1.54) is 25.7 Å². The van der Waals surface area contributed by atoms with Crippen LogP contribution in [0.15, 0.2) is 29.3 Å². The molecule has 1 saturated heterocycles. The number of para-hydroxylation sites is 1. The number of nitrogens with one attached hydrogen (secondary N) is 2. The van der Waals surface area contributed by atoms with Gasteiger partial charge in [-0.05, 0) is 25.3 Å². The summed E-state index contributed by atoms with van der Waals surface area (Å²) in [6.07, 6.45) is 6.44. The first-order chi connectivity index (χ1) is 12.7. The molecule has 2 aliphatic rings. The molecule has 1 aromatic carbocycles. The fraction of sp³-hybridized carbons (Fsp3) is 0.632. The summed E-state index contributed by atoms with van der Waals surface area (Å²) < 4.78 is 29.6. The molecule has 0 bridgehead atoms. The van der Waals surface area contributed by atoms with Gasteiger partial charge in [0.1, 0.15) is 5.75 Å². The maximum absolute atomic E-state index is 12.5. The number of alkyl halides is 2. The van der Waals surface area contributed by atoms with Crippen LogP contribution in [0.3, 0.4) is 0 Å². The summed E-state index contributed by atoms with van der Waals surface area (Å²) in [5.74, 6) is 0.883. The molecule has 3 rings (SSSR count). The Kier molecular flexibility index (Phi) is 9.01. The Morgan fingerprint density at radius 1 is 1.26 bits per heavy atom. The Labute approximate surface area is 177 Å². The van der Waals surface area contributed by atoms with E-state index in [1.807, 2.05) is 6.07 Å². The molecule has 5 nitrogen and oxygen atoms in total. The lowest BCUT2D eigenvalue weighted by atomic mass is 10.2. The molecule has 1 atom stereocenters. The monoisotopic (exact) mass is 494 g/mol. The first-order valence-corrected chi connectivity index (χ1v) is 9.39. The van der Waals surface area contributed by atoms with E-state index in [0.717, 1.165) is 25.6 Å². The average Bonchev–Trinajstić information content (AvgIpc) is 3.30. The molecule has 1 aliphatic carbocycles. The van der Waals surface area contributed by atoms with Gasteiger partial charge < -0.3 is 15.4 Å². The van der Waals surface area contributed by atoms with Crippen molar-refractivity contribution in [3.05, 3.63) is 29.8 Å². The highest BCUT2D eigenvalue weighted by atomic mass is 127. The van der Waals surface area contributed by atoms with Crippen molar-refractivity contribution in [3.63, 3.8) is 0 Å². The second-order valence-electron chi connectivity index (χ2n) is 6.98. The number of nitrogens with zero attached hydrogens (tertiary/aromatic N) is 2. The predicted molar refractivity (Wildman–Crippen MR) is 114 cm³/mol. The molecule has 0 spiro atoms. The van der Waals surface area contributed by atoms with Crippen LogP contribution in [-0.2, 0) is 6.54 Å². The van der Waals surface area contributed by atoms with E-state index >= 15 is 0 Å². The molecule has 0 radical (unpaired) electrons. The van der Waals surface area contributed by atoms with Crippen LogP contribution in [0, 0.1) is 0 Å². The van der Waals surface area contributed by atoms with E-state index in [9.17, 15) is 8.78 Å². The Hall–Kier alpha value is -1.16. The van der Waals surface area contributed by atoms with Gasteiger partial charge in [-0.2, -0.15) is 8.78 Å². The lowest BCUT2D eigenvalue weighted by Crippen LogP contribution is -2.45. The van der Waals surface area contributed by atoms with Crippen molar-refractivity contribution in [3.8, 4) is 5.75 Å². The van der Waals surface area contributed by atoms with E-state index in [1.54, 1.807) is 25.2 Å². The highest BCUT2D eigenvalue weighted by Gasteiger charge is 2.30. The third-order valence-electron chi connectivity index (χ3n) is 5.26. The van der Waals surface area contributed by atoms with Crippen molar-refractivity contribution in [2.45, 2.75) is 57.3 Å². The minimum atomic E-state index is -2.83. The summed E-state index contributed by atoms with van der Waals surface area (Å²) in [6, 6.07) is 7.93. The van der Waals surface area contributed by atoms with E-state index in [0.29, 0.717) is 24.1 Å². The summed E-state index contributed by atoms with van der Waals surface area (Å²) in [7, 11) is 1.72. The van der Waals surface area contributed by atoms with Gasteiger partial charge in [0, 0.05) is 44.3 Å². The number of guanidine groups is 1. The van der Waals surface area contributed by atoms with Crippen molar-refractivity contribution in [2.24, 2.45) is 4.99 Å². The van der Waals surface area contributed by atoms with Gasteiger partial charge in [-0.15, -0.1) is 24.0 Å². The van der Waals surface area contributed by atoms with Crippen LogP contribution in [0.2, 0.25) is 0 Å². The summed E-state index contributed by atoms with van der Waals surface area (Å²) in [5, 5.41) is 6.66. The van der Waals surface area contributed by atoms with Crippen LogP contribution in [0.1, 0.15) is 37.7 Å². The topological polar surface area (TPSA) is 48.9 Å². The molecule has 1 aromatic rings. The van der Waals surface area contributed by atoms with Gasteiger partial charge in [0.25, 0.3) is 0 Å². The smallest absolute Gasteiger partial charge is 0.387 e. The largest absolute Gasteiger partial charge is 0.434 e. The van der Waals surface area contributed by atoms with Crippen LogP contribution in [-0.4, -0.2) is 49.7 Å². The Morgan fingerprint density at radius 3 is 2.70 bits per heavy atom. The molecule has 1 saturated carbocycles. The SMILES string of the molecule is CN=C(NCc1ccccc1OC(F)F)NC1CCN(C2CCCC2)C1.I. The normalized spacial score (nSPS) is 21.3. The zero-order valence-corrected chi connectivity index (χ0v) is 18.0. The van der Waals surface area contributed by atoms with Gasteiger partial charge in [0.2, 0.25) is 0 Å². The zero-order chi connectivity index (χ0) is 18.4. The highest BCUT2D eigenvalue weighted by molar-refractivity contribution is 14.0. The minimum Gasteiger partial charge on any atom is -0.434 e. The van der Waals surface area contributed by atoms with Gasteiger partial charge >= 0.3 is 6.61 Å². The van der Waals surface area contributed by atoms with Crippen molar-refractivity contribution in [1.82, 2.24) is 15.5 Å². The quantitative estimate of drug-likeness (QED) is 0.361. The van der Waals surface area contributed by atoms with Gasteiger partial charge in [-0.3, -0.25) is 9.89 Å². The number of rotatable bonds is 6. The van der Waals surface area contributed by atoms with Crippen molar-refractivity contribution < 1.29 is 13.5 Å². The van der Waals surface area contributed by atoms with Gasteiger partial charge in [-0.1, -0.05) is 31.0 Å². The maximum Gasteiger partial charge on any atom is 0.387 e. The lowest BCUT2D eigenvalue weighted by molar-refractivity contribution is -0.0504. The molecule has 2 fully saturated rings. The summed E-state index contributed by atoms with van der Waals surface area (Å²) in [4.78, 5) is 6.85. The minimum absolute atomic E-state index is 0. The number of hydrogen-bond acceptors (Lipinski definition) is 3. The van der Waals surface area contributed by atoms with Crippen molar-refractivity contribution >= 4 is 29.9 Å². The molecule has 0 aromatic heterocycles. The van der Waals surface area contributed by atoms with Crippen LogP contribution in [0.25, 0.3) is 0 Å². The van der Waals surface area contributed by atoms with E-state index in [-0.39, 0.29) is 29.7 Å². The van der Waals surface area contributed by atoms with Crippen LogP contribution in [0.5, 0.6) is 5.75 Å². The third kappa shape index (κ3) is 6.44. The first kappa shape index (κ1) is 22.1. The van der Waals surface area contributed by atoms with Crippen molar-refractivity contribution in [2.75, 3.05) is 20.1 Å². The summed E-state index contributed by atoms with van der Waals surface area (Å²) in [5.41, 5.74) is 0.676. The zero-order valence-electron chi connectivity index (χ0n) is 15.7. The molecule has 27 heavy (non-hydrogen) atoms. The van der Waals surface area contributed by atoms with Gasteiger partial charge in [0.15, 0.2) is 5.96 Å². The number of ether oxygens (including phenoxy) is 1. The lowest BCUT2D eigenvalue weighted by Gasteiger charge is -2.24. The fourth-order valence-corrected chi connectivity index (χ4v) is 3.93. The van der Waals surface area contributed by atoms with Gasteiger partial charge in [-0.25, -0.2) is 0 Å². The van der Waals surface area contributed by atoms with Gasteiger partial charge in [0.05, 0.1) is 0 Å². The molecule has 0 amide bonds. The number of benzene rings is 1. The van der Waals surface area contributed by atoms with Crippen molar-refractivity contribution in [1.29, 1.82) is 0 Å². The standard InChI is InChI=1S/C19H28F2N4O.HI/c1-22-19(23-12-14-6-2-5-9-17(14)26-18(20)21)24-15-10-11-25(13-15)16-7-3-4-8-16;/h2,5-6,9,15-16,18H,3-4,7-8,10-13H2,1H3,(H2,22,23,24);1H. The summed E-state index contributed by atoms with van der Waals surface area (Å²) in [6.45, 7) is -0.281. The maximum atomic E-state index is 12.5. The molecular weight excluding hydrogens is 465 g/mol. The molecule has 1 unspecified atom stereocenters. The van der Waals surface area contributed by atoms with E-state index in [4.69, 9.17) is 0 Å². The fourth-order valence-electron chi connectivity index (χ4n) is 3.93. The number of aliphatic imine (C=N–C) groups is 1. The first-order valence-electron chi connectivity index (χ1n) is 9.39. The average molecular weight is 494 g/mol. The third-order valence-corrected chi connectivity index (χ3v) is 5.26. The molecular formula is C19H29F2IN4O. The van der Waals surface area contributed by atoms with E-state index in [2.05, 4.69) is 25.3 Å². The molecule has 1 aliphatic heterocycles. The van der Waals surface area contributed by atoms with Crippen LogP contribution in [0.4, 0.5) is 8.78 Å². The van der Waals surface area contributed by atoms with Crippen LogP contribution < -0.4 is 15.4 Å². The van der Waals surface area contributed by atoms with E-state index < -0.39 is 6.61 Å². The molecule has 152 valence electrons. The number of halogens is 3. The number of hydrogen-bond donors (Lipinski definition) is 2. The molecule has 8 heteroatoms.